The lowest BCUT2D eigenvalue weighted by Crippen LogP contribution is -2.48. The van der Waals surface area contributed by atoms with Crippen LogP contribution in [0.5, 0.6) is 0 Å². The SMILES string of the molecule is CCCCCCCOC(=O)N=NC(=O)O[Si](C(C)C)(C(C)C)C(C)C. The number of rotatable bonds is 10. The quantitative estimate of drug-likeness (QED) is 0.238. The van der Waals surface area contributed by atoms with E-state index in [4.69, 9.17) is 9.16 Å². The van der Waals surface area contributed by atoms with Crippen molar-refractivity contribution in [1.82, 2.24) is 0 Å². The second-order valence-electron chi connectivity index (χ2n) is 7.41. The van der Waals surface area contributed by atoms with Crippen LogP contribution in [0.3, 0.4) is 0 Å². The van der Waals surface area contributed by atoms with Crippen LogP contribution in [-0.4, -0.2) is 27.1 Å². The molecular weight excluding hydrogens is 336 g/mol. The van der Waals surface area contributed by atoms with Gasteiger partial charge in [-0.2, -0.15) is 0 Å². The standard InChI is InChI=1S/C18H36N2O4Si/c1-8-9-10-11-12-13-23-17(21)19-20-18(22)24-25(14(2)3,15(4)5)16(6)7/h14-16H,8-13H2,1-7H3. The largest absolute Gasteiger partial charge is 0.500 e. The number of hydrogen-bond donors (Lipinski definition) is 0. The van der Waals surface area contributed by atoms with E-state index in [2.05, 4.69) is 58.7 Å². The molecule has 6 nitrogen and oxygen atoms in total. The third-order valence-corrected chi connectivity index (χ3v) is 10.6. The summed E-state index contributed by atoms with van der Waals surface area (Å²) >= 11 is 0. The molecule has 0 spiro atoms. The number of nitrogens with zero attached hydrogens (tertiary/aromatic N) is 2. The summed E-state index contributed by atoms with van der Waals surface area (Å²) in [6.07, 6.45) is 3.69. The van der Waals surface area contributed by atoms with Crippen molar-refractivity contribution >= 4 is 20.5 Å². The van der Waals surface area contributed by atoms with Gasteiger partial charge < -0.3 is 9.16 Å². The number of ether oxygens (including phenoxy) is 1. The van der Waals surface area contributed by atoms with E-state index in [1.165, 1.54) is 12.8 Å². The first kappa shape index (κ1) is 23.8. The number of amides is 2. The second kappa shape index (κ2) is 12.2. The Kier molecular flexibility index (Phi) is 11.6. The van der Waals surface area contributed by atoms with Crippen LogP contribution in [0.1, 0.15) is 80.6 Å². The zero-order chi connectivity index (χ0) is 19.5. The molecule has 0 saturated carbocycles. The number of carbonyl (C=O) groups excluding carboxylic acids is 2. The van der Waals surface area contributed by atoms with E-state index in [9.17, 15) is 9.59 Å². The highest BCUT2D eigenvalue weighted by Gasteiger charge is 2.48. The van der Waals surface area contributed by atoms with Crippen LogP contribution >= 0.6 is 0 Å². The predicted octanol–water partition coefficient (Wildman–Crippen LogP) is 6.86. The van der Waals surface area contributed by atoms with E-state index >= 15 is 0 Å². The fourth-order valence-electron chi connectivity index (χ4n) is 3.50. The molecular formula is C18H36N2O4Si. The lowest BCUT2D eigenvalue weighted by atomic mass is 10.2. The molecule has 0 aromatic heterocycles. The first-order chi connectivity index (χ1) is 11.7. The van der Waals surface area contributed by atoms with Crippen LogP contribution in [0.15, 0.2) is 10.2 Å². The molecule has 0 aromatic carbocycles. The van der Waals surface area contributed by atoms with E-state index in [0.717, 1.165) is 19.3 Å². The molecule has 0 radical (unpaired) electrons. The molecule has 0 unspecified atom stereocenters. The molecule has 0 aromatic rings. The predicted molar refractivity (Wildman–Crippen MR) is 102 cm³/mol. The monoisotopic (exact) mass is 372 g/mol. The van der Waals surface area contributed by atoms with Crippen molar-refractivity contribution in [3.63, 3.8) is 0 Å². The van der Waals surface area contributed by atoms with E-state index < -0.39 is 20.5 Å². The Labute approximate surface area is 153 Å². The normalized spacial score (nSPS) is 12.4. The molecule has 7 heteroatoms. The Morgan fingerprint density at radius 2 is 1.28 bits per heavy atom. The highest BCUT2D eigenvalue weighted by Crippen LogP contribution is 2.42. The van der Waals surface area contributed by atoms with Crippen LogP contribution in [0.25, 0.3) is 0 Å². The molecule has 0 fully saturated rings. The van der Waals surface area contributed by atoms with Gasteiger partial charge in [-0.25, -0.2) is 9.59 Å². The Bertz CT molecular complexity index is 415. The maximum atomic E-state index is 12.1. The maximum Gasteiger partial charge on any atom is 0.452 e. The average molecular weight is 373 g/mol. The summed E-state index contributed by atoms with van der Waals surface area (Å²) in [5.41, 5.74) is 0.755. The van der Waals surface area contributed by atoms with Crippen molar-refractivity contribution in [2.75, 3.05) is 6.61 Å². The first-order valence-corrected chi connectivity index (χ1v) is 11.6. The van der Waals surface area contributed by atoms with Crippen LogP contribution in [-0.2, 0) is 9.16 Å². The molecule has 0 N–H and O–H groups in total. The van der Waals surface area contributed by atoms with Crippen molar-refractivity contribution in [1.29, 1.82) is 0 Å². The smallest absolute Gasteiger partial charge is 0.452 e. The van der Waals surface area contributed by atoms with Gasteiger partial charge in [0, 0.05) is 0 Å². The highest BCUT2D eigenvalue weighted by molar-refractivity contribution is 6.78. The van der Waals surface area contributed by atoms with Crippen molar-refractivity contribution < 1.29 is 18.8 Å². The minimum Gasteiger partial charge on any atom is -0.500 e. The molecule has 0 aliphatic heterocycles. The third-order valence-electron chi connectivity index (χ3n) is 4.66. The van der Waals surface area contributed by atoms with Gasteiger partial charge >= 0.3 is 12.2 Å². The summed E-state index contributed by atoms with van der Waals surface area (Å²) < 4.78 is 10.7. The Balaban J connectivity index is 4.50. The van der Waals surface area contributed by atoms with Gasteiger partial charge in [-0.3, -0.25) is 0 Å². The summed E-state index contributed by atoms with van der Waals surface area (Å²) in [5.74, 6) is 0. The summed E-state index contributed by atoms with van der Waals surface area (Å²) in [6.45, 7) is 14.9. The minimum atomic E-state index is -2.36. The molecule has 0 saturated heterocycles. The van der Waals surface area contributed by atoms with E-state index in [-0.39, 0.29) is 16.6 Å². The van der Waals surface area contributed by atoms with E-state index in [0.29, 0.717) is 6.61 Å². The van der Waals surface area contributed by atoms with Gasteiger partial charge in [0.2, 0.25) is 0 Å². The number of azo groups is 1. The minimum absolute atomic E-state index is 0.252. The van der Waals surface area contributed by atoms with Crippen LogP contribution in [0.4, 0.5) is 9.59 Å². The molecule has 0 bridgehead atoms. The van der Waals surface area contributed by atoms with Crippen LogP contribution < -0.4 is 0 Å². The maximum absolute atomic E-state index is 12.1. The number of unbranched alkanes of at least 4 members (excludes halogenated alkanes) is 4. The van der Waals surface area contributed by atoms with Gasteiger partial charge in [0.05, 0.1) is 6.61 Å². The Hall–Kier alpha value is -1.24. The Morgan fingerprint density at radius 1 is 0.800 bits per heavy atom. The molecule has 0 rings (SSSR count). The number of carbonyl (C=O) groups is 2. The summed E-state index contributed by atoms with van der Waals surface area (Å²) in [4.78, 5) is 23.6. The first-order valence-electron chi connectivity index (χ1n) is 9.49. The zero-order valence-electron chi connectivity index (χ0n) is 17.0. The topological polar surface area (TPSA) is 77.3 Å². The molecule has 25 heavy (non-hydrogen) atoms. The van der Waals surface area contributed by atoms with Gasteiger partial charge in [0.15, 0.2) is 0 Å². The van der Waals surface area contributed by atoms with Gasteiger partial charge in [-0.15, -0.1) is 0 Å². The molecule has 146 valence electrons. The lowest BCUT2D eigenvalue weighted by molar-refractivity contribution is 0.151. The van der Waals surface area contributed by atoms with Gasteiger partial charge in [-0.1, -0.05) is 84.4 Å². The van der Waals surface area contributed by atoms with Gasteiger partial charge in [0.25, 0.3) is 8.32 Å². The van der Waals surface area contributed by atoms with Crippen molar-refractivity contribution in [2.24, 2.45) is 10.2 Å². The van der Waals surface area contributed by atoms with Crippen LogP contribution in [0, 0.1) is 0 Å². The van der Waals surface area contributed by atoms with Crippen molar-refractivity contribution in [3.8, 4) is 0 Å². The van der Waals surface area contributed by atoms with Gasteiger partial charge in [-0.05, 0) is 23.0 Å². The van der Waals surface area contributed by atoms with Crippen LogP contribution in [0.2, 0.25) is 16.6 Å². The molecule has 0 atom stereocenters. The summed E-state index contributed by atoms with van der Waals surface area (Å²) in [6, 6.07) is 0. The third kappa shape index (κ3) is 8.12. The molecule has 0 aliphatic carbocycles. The van der Waals surface area contributed by atoms with Crippen molar-refractivity contribution in [3.05, 3.63) is 0 Å². The second-order valence-corrected chi connectivity index (χ2v) is 12.8. The molecule has 2 amide bonds. The van der Waals surface area contributed by atoms with Crippen molar-refractivity contribution in [2.45, 2.75) is 97.2 Å². The van der Waals surface area contributed by atoms with Gasteiger partial charge in [0.1, 0.15) is 0 Å². The average Bonchev–Trinajstić information content (AvgIpc) is 2.52. The number of hydrogen-bond acceptors (Lipinski definition) is 4. The summed E-state index contributed by atoms with van der Waals surface area (Å²) in [7, 11) is -2.36. The summed E-state index contributed by atoms with van der Waals surface area (Å²) in [5, 5.41) is 6.74. The lowest BCUT2D eigenvalue weighted by Gasteiger charge is -2.40. The van der Waals surface area contributed by atoms with E-state index in [1.807, 2.05) is 0 Å². The Morgan fingerprint density at radius 3 is 1.76 bits per heavy atom. The fraction of sp³-hybridized carbons (Fsp3) is 0.889. The molecule has 0 heterocycles. The van der Waals surface area contributed by atoms with E-state index in [1.54, 1.807) is 0 Å². The molecule has 0 aliphatic rings. The fourth-order valence-corrected chi connectivity index (χ4v) is 8.55. The zero-order valence-corrected chi connectivity index (χ0v) is 18.0. The highest BCUT2D eigenvalue weighted by atomic mass is 28.4.